The Morgan fingerprint density at radius 3 is 2.68 bits per heavy atom. The van der Waals surface area contributed by atoms with Crippen LogP contribution in [0.2, 0.25) is 0 Å². The summed E-state index contributed by atoms with van der Waals surface area (Å²) in [6.45, 7) is 1.60. The molecular weight excluding hydrogens is 352 g/mol. The molecule has 1 aliphatic carbocycles. The Bertz CT molecular complexity index is 593. The maximum absolute atomic E-state index is 12.3. The van der Waals surface area contributed by atoms with E-state index in [-0.39, 0.29) is 23.4 Å². The highest BCUT2D eigenvalue weighted by Crippen LogP contribution is 2.31. The SMILES string of the molecule is Cc1sc(Br)cc1S(=O)(=O)N(C)CC(=O)NC1CC1. The van der Waals surface area contributed by atoms with Gasteiger partial charge in [-0.2, -0.15) is 4.31 Å². The molecule has 0 saturated heterocycles. The maximum atomic E-state index is 12.3. The molecule has 1 aliphatic rings. The molecule has 2 rings (SSSR count). The van der Waals surface area contributed by atoms with E-state index in [4.69, 9.17) is 0 Å². The van der Waals surface area contributed by atoms with Crippen LogP contribution in [0.4, 0.5) is 0 Å². The number of rotatable bonds is 5. The number of carbonyl (C=O) groups excluding carboxylic acids is 1. The van der Waals surface area contributed by atoms with Gasteiger partial charge in [-0.3, -0.25) is 4.79 Å². The second-order valence-electron chi connectivity index (χ2n) is 4.57. The number of carbonyl (C=O) groups is 1. The summed E-state index contributed by atoms with van der Waals surface area (Å²) in [5.74, 6) is -0.250. The maximum Gasteiger partial charge on any atom is 0.244 e. The zero-order chi connectivity index (χ0) is 14.2. The molecule has 1 saturated carbocycles. The zero-order valence-corrected chi connectivity index (χ0v) is 13.9. The van der Waals surface area contributed by atoms with Crippen LogP contribution in [0.1, 0.15) is 17.7 Å². The van der Waals surface area contributed by atoms with Crippen molar-refractivity contribution >= 4 is 43.2 Å². The highest BCUT2D eigenvalue weighted by molar-refractivity contribution is 9.11. The van der Waals surface area contributed by atoms with Crippen LogP contribution in [0.3, 0.4) is 0 Å². The third-order valence-corrected chi connectivity index (χ3v) is 6.45. The molecule has 1 aromatic heterocycles. The van der Waals surface area contributed by atoms with Crippen LogP contribution in [0, 0.1) is 6.92 Å². The van der Waals surface area contributed by atoms with Crippen molar-refractivity contribution in [3.05, 3.63) is 14.7 Å². The van der Waals surface area contributed by atoms with Gasteiger partial charge in [-0.05, 0) is 41.8 Å². The Hall–Kier alpha value is -0.440. The van der Waals surface area contributed by atoms with Gasteiger partial charge in [0.2, 0.25) is 15.9 Å². The molecule has 1 N–H and O–H groups in total. The molecule has 0 radical (unpaired) electrons. The number of hydrogen-bond acceptors (Lipinski definition) is 4. The quantitative estimate of drug-likeness (QED) is 0.862. The smallest absolute Gasteiger partial charge is 0.244 e. The van der Waals surface area contributed by atoms with Crippen LogP contribution in [-0.4, -0.2) is 38.3 Å². The molecule has 5 nitrogen and oxygen atoms in total. The van der Waals surface area contributed by atoms with E-state index >= 15 is 0 Å². The normalized spacial score (nSPS) is 15.8. The van der Waals surface area contributed by atoms with Gasteiger partial charge in [0.1, 0.15) is 0 Å². The number of thiophene rings is 1. The van der Waals surface area contributed by atoms with Crippen LogP contribution in [-0.2, 0) is 14.8 Å². The zero-order valence-electron chi connectivity index (χ0n) is 10.6. The van der Waals surface area contributed by atoms with Crippen LogP contribution < -0.4 is 5.32 Å². The summed E-state index contributed by atoms with van der Waals surface area (Å²) >= 11 is 4.64. The number of nitrogens with one attached hydrogen (secondary N) is 1. The van der Waals surface area contributed by atoms with Gasteiger partial charge in [0.15, 0.2) is 0 Å². The second-order valence-corrected chi connectivity index (χ2v) is 9.22. The first kappa shape index (κ1) is 15.0. The fraction of sp³-hybridized carbons (Fsp3) is 0.545. The fourth-order valence-electron chi connectivity index (χ4n) is 1.64. The molecular formula is C11H15BrN2O3S2. The van der Waals surface area contributed by atoms with E-state index in [9.17, 15) is 13.2 Å². The van der Waals surface area contributed by atoms with Crippen molar-refractivity contribution < 1.29 is 13.2 Å². The van der Waals surface area contributed by atoms with E-state index < -0.39 is 10.0 Å². The number of amides is 1. The van der Waals surface area contributed by atoms with Gasteiger partial charge in [0, 0.05) is 18.0 Å². The molecule has 0 spiro atoms. The third-order valence-electron chi connectivity index (χ3n) is 2.84. The number of hydrogen-bond donors (Lipinski definition) is 1. The van der Waals surface area contributed by atoms with Crippen molar-refractivity contribution in [2.24, 2.45) is 0 Å². The van der Waals surface area contributed by atoms with Crippen molar-refractivity contribution in [3.63, 3.8) is 0 Å². The third kappa shape index (κ3) is 3.56. The van der Waals surface area contributed by atoms with Crippen molar-refractivity contribution in [2.45, 2.75) is 30.7 Å². The standard InChI is InChI=1S/C11H15BrN2O3S2/c1-7-9(5-10(12)18-7)19(16,17)14(2)6-11(15)13-8-3-4-8/h5,8H,3-4,6H2,1-2H3,(H,13,15). The summed E-state index contributed by atoms with van der Waals surface area (Å²) in [4.78, 5) is 12.6. The molecule has 1 fully saturated rings. The Labute approximate surface area is 125 Å². The van der Waals surface area contributed by atoms with Crippen molar-refractivity contribution in [2.75, 3.05) is 13.6 Å². The molecule has 8 heteroatoms. The van der Waals surface area contributed by atoms with Crippen molar-refractivity contribution in [1.82, 2.24) is 9.62 Å². The van der Waals surface area contributed by atoms with E-state index in [1.54, 1.807) is 13.0 Å². The summed E-state index contributed by atoms with van der Waals surface area (Å²) in [5, 5.41) is 2.78. The topological polar surface area (TPSA) is 66.5 Å². The summed E-state index contributed by atoms with van der Waals surface area (Å²) in [7, 11) is -2.18. The number of aryl methyl sites for hydroxylation is 1. The van der Waals surface area contributed by atoms with E-state index in [1.165, 1.54) is 18.4 Å². The Morgan fingerprint density at radius 1 is 1.58 bits per heavy atom. The van der Waals surface area contributed by atoms with E-state index in [0.29, 0.717) is 4.88 Å². The Kier molecular flexibility index (Phi) is 4.34. The molecule has 0 atom stereocenters. The van der Waals surface area contributed by atoms with E-state index in [2.05, 4.69) is 21.2 Å². The summed E-state index contributed by atoms with van der Waals surface area (Å²) < 4.78 is 26.5. The van der Waals surface area contributed by atoms with Gasteiger partial charge in [0.05, 0.1) is 15.2 Å². The molecule has 1 heterocycles. The second kappa shape index (κ2) is 5.51. The molecule has 106 valence electrons. The van der Waals surface area contributed by atoms with Gasteiger partial charge >= 0.3 is 0 Å². The first-order chi connectivity index (χ1) is 8.80. The molecule has 1 aromatic rings. The minimum Gasteiger partial charge on any atom is -0.352 e. The van der Waals surface area contributed by atoms with E-state index in [0.717, 1.165) is 20.9 Å². The predicted octanol–water partition coefficient (Wildman–Crippen LogP) is 1.72. The summed E-state index contributed by atoms with van der Waals surface area (Å²) in [5.41, 5.74) is 0. The Balaban J connectivity index is 2.09. The van der Waals surface area contributed by atoms with Crippen LogP contribution in [0.25, 0.3) is 0 Å². The number of nitrogens with zero attached hydrogens (tertiary/aromatic N) is 1. The van der Waals surface area contributed by atoms with Crippen LogP contribution >= 0.6 is 27.3 Å². The van der Waals surface area contributed by atoms with Gasteiger partial charge < -0.3 is 5.32 Å². The molecule has 1 amide bonds. The molecule has 0 bridgehead atoms. The van der Waals surface area contributed by atoms with Gasteiger partial charge in [-0.15, -0.1) is 11.3 Å². The first-order valence-corrected chi connectivity index (χ1v) is 8.87. The van der Waals surface area contributed by atoms with Gasteiger partial charge in [0.25, 0.3) is 0 Å². The van der Waals surface area contributed by atoms with Crippen molar-refractivity contribution in [3.8, 4) is 0 Å². The molecule has 0 aliphatic heterocycles. The average Bonchev–Trinajstić information content (AvgIpc) is 3.02. The highest BCUT2D eigenvalue weighted by atomic mass is 79.9. The number of sulfonamides is 1. The number of halogens is 1. The van der Waals surface area contributed by atoms with Gasteiger partial charge in [-0.1, -0.05) is 0 Å². The average molecular weight is 367 g/mol. The first-order valence-electron chi connectivity index (χ1n) is 5.82. The molecule has 19 heavy (non-hydrogen) atoms. The highest BCUT2D eigenvalue weighted by Gasteiger charge is 2.28. The molecule has 0 aromatic carbocycles. The lowest BCUT2D eigenvalue weighted by atomic mass is 10.5. The minimum absolute atomic E-state index is 0.147. The summed E-state index contributed by atoms with van der Waals surface area (Å²) in [6.07, 6.45) is 1.97. The van der Waals surface area contributed by atoms with Crippen molar-refractivity contribution in [1.29, 1.82) is 0 Å². The predicted molar refractivity (Wildman–Crippen MR) is 77.7 cm³/mol. The minimum atomic E-state index is -3.61. The van der Waals surface area contributed by atoms with E-state index in [1.807, 2.05) is 0 Å². The number of likely N-dealkylation sites (N-methyl/N-ethyl adjacent to an activating group) is 1. The fourth-order valence-corrected chi connectivity index (χ4v) is 5.15. The lowest BCUT2D eigenvalue weighted by molar-refractivity contribution is -0.121. The van der Waals surface area contributed by atoms with Gasteiger partial charge in [-0.25, -0.2) is 8.42 Å². The lowest BCUT2D eigenvalue weighted by Crippen LogP contribution is -2.39. The largest absolute Gasteiger partial charge is 0.352 e. The Morgan fingerprint density at radius 2 is 2.21 bits per heavy atom. The monoisotopic (exact) mass is 366 g/mol. The summed E-state index contributed by atoms with van der Waals surface area (Å²) in [6, 6.07) is 1.81. The molecule has 0 unspecified atom stereocenters. The lowest BCUT2D eigenvalue weighted by Gasteiger charge is -2.16. The van der Waals surface area contributed by atoms with Crippen LogP contribution in [0.5, 0.6) is 0 Å². The van der Waals surface area contributed by atoms with Crippen LogP contribution in [0.15, 0.2) is 14.7 Å².